The number of hydrogen-bond acceptors (Lipinski definition) is 6. The molecule has 0 aliphatic heterocycles. The van der Waals surface area contributed by atoms with E-state index < -0.39 is 11.9 Å². The molecule has 0 unspecified atom stereocenters. The van der Waals surface area contributed by atoms with Crippen molar-refractivity contribution < 1.29 is 19.1 Å². The smallest absolute Gasteiger partial charge is 0.341 e. The summed E-state index contributed by atoms with van der Waals surface area (Å²) >= 11 is 4.37. The lowest BCUT2D eigenvalue weighted by molar-refractivity contribution is 0.0527. The van der Waals surface area contributed by atoms with E-state index in [4.69, 9.17) is 4.74 Å². The molecule has 2 rings (SSSR count). The Hall–Kier alpha value is -2.20. The van der Waals surface area contributed by atoms with E-state index in [-0.39, 0.29) is 23.1 Å². The molecular formula is C18H23BrN4O4S. The standard InChI is InChI=1S/C18H23BrN4O4S/c1-6-23(7-2)17(25)14-10(4)12(18(26)27-8-3)16(28-14)21-15(24)13-11(19)9-20-22(13)5/h9H,6-8H2,1-5H3,(H,21,24). The molecule has 0 aliphatic rings. The van der Waals surface area contributed by atoms with Crippen molar-refractivity contribution in [1.82, 2.24) is 14.7 Å². The Morgan fingerprint density at radius 1 is 1.29 bits per heavy atom. The van der Waals surface area contributed by atoms with Crippen LogP contribution >= 0.6 is 27.3 Å². The van der Waals surface area contributed by atoms with Gasteiger partial charge in [0.1, 0.15) is 10.7 Å². The lowest BCUT2D eigenvalue weighted by Crippen LogP contribution is -2.30. The van der Waals surface area contributed by atoms with Crippen LogP contribution in [0.1, 0.15) is 56.9 Å². The average Bonchev–Trinajstić information content (AvgIpc) is 3.15. The fourth-order valence-corrected chi connectivity index (χ4v) is 4.42. The van der Waals surface area contributed by atoms with Gasteiger partial charge in [0.15, 0.2) is 0 Å². The monoisotopic (exact) mass is 470 g/mol. The number of nitrogens with one attached hydrogen (secondary N) is 1. The molecule has 2 heterocycles. The summed E-state index contributed by atoms with van der Waals surface area (Å²) in [5.41, 5.74) is 1.01. The Kier molecular flexibility index (Phi) is 7.36. The Labute approximate surface area is 176 Å². The summed E-state index contributed by atoms with van der Waals surface area (Å²) in [6.07, 6.45) is 1.51. The van der Waals surface area contributed by atoms with Crippen molar-refractivity contribution in [3.05, 3.63) is 32.4 Å². The van der Waals surface area contributed by atoms with Gasteiger partial charge in [-0.2, -0.15) is 5.10 Å². The van der Waals surface area contributed by atoms with E-state index in [0.717, 1.165) is 11.3 Å². The molecule has 0 bridgehead atoms. The number of nitrogens with zero attached hydrogens (tertiary/aromatic N) is 3. The Balaban J connectivity index is 2.50. The Morgan fingerprint density at radius 3 is 2.43 bits per heavy atom. The van der Waals surface area contributed by atoms with Crippen LogP contribution in [0, 0.1) is 6.92 Å². The molecule has 0 aliphatic carbocycles. The van der Waals surface area contributed by atoms with Gasteiger partial charge in [0.05, 0.1) is 27.7 Å². The van der Waals surface area contributed by atoms with Crippen molar-refractivity contribution in [2.24, 2.45) is 7.05 Å². The second-order valence-electron chi connectivity index (χ2n) is 5.88. The van der Waals surface area contributed by atoms with Crippen LogP contribution in [0.4, 0.5) is 5.00 Å². The molecule has 1 N–H and O–H groups in total. The summed E-state index contributed by atoms with van der Waals surface area (Å²) in [5.74, 6) is -1.20. The summed E-state index contributed by atoms with van der Waals surface area (Å²) < 4.78 is 7.09. The minimum absolute atomic E-state index is 0.180. The van der Waals surface area contributed by atoms with E-state index in [1.54, 1.807) is 25.8 Å². The molecule has 2 amide bonds. The van der Waals surface area contributed by atoms with Gasteiger partial charge in [-0.1, -0.05) is 0 Å². The Morgan fingerprint density at radius 2 is 1.93 bits per heavy atom. The molecule has 10 heteroatoms. The molecule has 2 aromatic heterocycles. The maximum atomic E-state index is 12.8. The predicted octanol–water partition coefficient (Wildman–Crippen LogP) is 3.46. The largest absolute Gasteiger partial charge is 0.462 e. The number of ether oxygens (including phenoxy) is 1. The molecule has 0 saturated carbocycles. The number of thiophene rings is 1. The van der Waals surface area contributed by atoms with Crippen LogP contribution in [0.15, 0.2) is 10.7 Å². The van der Waals surface area contributed by atoms with Gasteiger partial charge in [0.25, 0.3) is 11.8 Å². The molecule has 0 radical (unpaired) electrons. The minimum atomic E-state index is -0.575. The molecule has 28 heavy (non-hydrogen) atoms. The normalized spacial score (nSPS) is 10.6. The lowest BCUT2D eigenvalue weighted by Gasteiger charge is -2.18. The van der Waals surface area contributed by atoms with E-state index in [2.05, 4.69) is 26.3 Å². The van der Waals surface area contributed by atoms with Crippen LogP contribution in [0.3, 0.4) is 0 Å². The number of halogens is 1. The fourth-order valence-electron chi connectivity index (χ4n) is 2.74. The van der Waals surface area contributed by atoms with Crippen LogP contribution in [0.5, 0.6) is 0 Å². The second-order valence-corrected chi connectivity index (χ2v) is 7.75. The molecule has 2 aromatic rings. The van der Waals surface area contributed by atoms with Crippen molar-refractivity contribution in [1.29, 1.82) is 0 Å². The van der Waals surface area contributed by atoms with Crippen LogP contribution in [-0.4, -0.2) is 52.2 Å². The molecule has 152 valence electrons. The average molecular weight is 471 g/mol. The van der Waals surface area contributed by atoms with Crippen LogP contribution in [0.2, 0.25) is 0 Å². The van der Waals surface area contributed by atoms with Gasteiger partial charge in [0.2, 0.25) is 0 Å². The van der Waals surface area contributed by atoms with E-state index in [0.29, 0.717) is 33.7 Å². The third-order valence-corrected chi connectivity index (χ3v) is 5.98. The van der Waals surface area contributed by atoms with Gasteiger partial charge in [-0.15, -0.1) is 11.3 Å². The molecule has 0 fully saturated rings. The van der Waals surface area contributed by atoms with Crippen molar-refractivity contribution in [2.75, 3.05) is 25.0 Å². The van der Waals surface area contributed by atoms with Crippen LogP contribution in [0.25, 0.3) is 0 Å². The zero-order valence-corrected chi connectivity index (χ0v) is 18.9. The van der Waals surface area contributed by atoms with E-state index in [1.807, 2.05) is 13.8 Å². The number of rotatable bonds is 7. The van der Waals surface area contributed by atoms with Crippen molar-refractivity contribution in [3.8, 4) is 0 Å². The van der Waals surface area contributed by atoms with E-state index in [9.17, 15) is 14.4 Å². The van der Waals surface area contributed by atoms with Crippen molar-refractivity contribution >= 4 is 50.1 Å². The highest BCUT2D eigenvalue weighted by Crippen LogP contribution is 2.35. The van der Waals surface area contributed by atoms with Gasteiger partial charge in [-0.3, -0.25) is 14.3 Å². The first-order valence-corrected chi connectivity index (χ1v) is 10.5. The molecule has 0 atom stereocenters. The van der Waals surface area contributed by atoms with E-state index >= 15 is 0 Å². The lowest BCUT2D eigenvalue weighted by atomic mass is 10.1. The summed E-state index contributed by atoms with van der Waals surface area (Å²) in [4.78, 5) is 40.2. The van der Waals surface area contributed by atoms with Crippen molar-refractivity contribution in [3.63, 3.8) is 0 Å². The zero-order chi connectivity index (χ0) is 21.0. The number of amides is 2. The first kappa shape index (κ1) is 22.1. The predicted molar refractivity (Wildman–Crippen MR) is 111 cm³/mol. The van der Waals surface area contributed by atoms with Gasteiger partial charge < -0.3 is 15.0 Å². The van der Waals surface area contributed by atoms with Crippen LogP contribution in [-0.2, 0) is 11.8 Å². The number of carbonyl (C=O) groups is 3. The maximum Gasteiger partial charge on any atom is 0.341 e. The van der Waals surface area contributed by atoms with Gasteiger partial charge >= 0.3 is 5.97 Å². The molecule has 0 saturated heterocycles. The van der Waals surface area contributed by atoms with Crippen LogP contribution < -0.4 is 5.32 Å². The van der Waals surface area contributed by atoms with Crippen molar-refractivity contribution in [2.45, 2.75) is 27.7 Å². The highest BCUT2D eigenvalue weighted by molar-refractivity contribution is 9.10. The fraction of sp³-hybridized carbons (Fsp3) is 0.444. The maximum absolute atomic E-state index is 12.8. The quantitative estimate of drug-likeness (QED) is 0.625. The summed E-state index contributed by atoms with van der Waals surface area (Å²) in [7, 11) is 1.64. The SMILES string of the molecule is CCOC(=O)c1c(NC(=O)c2c(Br)cnn2C)sc(C(=O)N(CC)CC)c1C. The first-order valence-electron chi connectivity index (χ1n) is 8.85. The number of aryl methyl sites for hydroxylation is 1. The van der Waals surface area contributed by atoms with Gasteiger partial charge in [-0.05, 0) is 49.2 Å². The highest BCUT2D eigenvalue weighted by atomic mass is 79.9. The van der Waals surface area contributed by atoms with Gasteiger partial charge in [-0.25, -0.2) is 4.79 Å². The number of aromatic nitrogens is 2. The number of hydrogen-bond donors (Lipinski definition) is 1. The summed E-state index contributed by atoms with van der Waals surface area (Å²) in [6.45, 7) is 8.45. The summed E-state index contributed by atoms with van der Waals surface area (Å²) in [5, 5.41) is 7.05. The summed E-state index contributed by atoms with van der Waals surface area (Å²) in [6, 6.07) is 0. The molecular weight excluding hydrogens is 448 g/mol. The zero-order valence-electron chi connectivity index (χ0n) is 16.5. The topological polar surface area (TPSA) is 93.5 Å². The third kappa shape index (κ3) is 4.27. The Bertz CT molecular complexity index is 882. The molecule has 0 aromatic carbocycles. The highest BCUT2D eigenvalue weighted by Gasteiger charge is 2.29. The molecule has 8 nitrogen and oxygen atoms in total. The minimum Gasteiger partial charge on any atom is -0.462 e. The molecule has 0 spiro atoms. The van der Waals surface area contributed by atoms with E-state index in [1.165, 1.54) is 10.9 Å². The first-order chi connectivity index (χ1) is 13.3. The van der Waals surface area contributed by atoms with Gasteiger partial charge in [0, 0.05) is 20.1 Å². The number of anilines is 1. The number of carbonyl (C=O) groups excluding carboxylic acids is 3. The second kappa shape index (κ2) is 9.33. The number of esters is 1. The third-order valence-electron chi connectivity index (χ3n) is 4.21.